The number of ether oxygens (including phenoxy) is 4. The van der Waals surface area contributed by atoms with Gasteiger partial charge in [-0.05, 0) is 49.4 Å². The molecule has 0 rings (SSSR count). The van der Waals surface area contributed by atoms with E-state index in [1.165, 1.54) is 263 Å². The van der Waals surface area contributed by atoms with Crippen molar-refractivity contribution in [3.63, 3.8) is 0 Å². The number of rotatable bonds is 85. The number of carbonyl (C=O) groups is 4. The van der Waals surface area contributed by atoms with Gasteiger partial charge in [0.1, 0.15) is 19.3 Å². The molecular formula is C88H172O17P2. The highest BCUT2D eigenvalue weighted by Gasteiger charge is 2.31. The number of esters is 4. The Hall–Kier alpha value is -1.94. The van der Waals surface area contributed by atoms with E-state index in [1.54, 1.807) is 0 Å². The van der Waals surface area contributed by atoms with Gasteiger partial charge in [-0.25, -0.2) is 9.13 Å². The molecule has 0 aliphatic carbocycles. The number of hydrogen-bond donors (Lipinski definition) is 3. The van der Waals surface area contributed by atoms with Crippen molar-refractivity contribution in [3.05, 3.63) is 0 Å². The lowest BCUT2D eigenvalue weighted by Crippen LogP contribution is -2.30. The lowest BCUT2D eigenvalue weighted by molar-refractivity contribution is -0.161. The van der Waals surface area contributed by atoms with E-state index < -0.39 is 97.5 Å². The summed E-state index contributed by atoms with van der Waals surface area (Å²) in [5.41, 5.74) is 0. The Kier molecular flexibility index (Phi) is 75.3. The minimum absolute atomic E-state index is 0.106. The zero-order valence-electron chi connectivity index (χ0n) is 70.8. The van der Waals surface area contributed by atoms with E-state index in [1.807, 2.05) is 0 Å². The summed E-state index contributed by atoms with van der Waals surface area (Å²) in [6, 6.07) is 0. The monoisotopic (exact) mass is 1560 g/mol. The standard InChI is InChI=1S/C88H172O17P2/c1-9-80(7)66-58-50-42-34-26-22-18-13-11-12-14-20-24-28-37-46-54-62-70-87(92)104-83(74-98-85(90)68-60-52-44-36-27-23-19-16-15-17-21-25-32-40-48-56-64-78(3)4)76-102-106(94,95)100-72-82(89)73-101-107(96,97)103-77-84(75-99-86(91)69-61-53-45-39-31-33-41-49-57-65-79(5)6)105-88(93)71-63-55-47-38-30-29-35-43-51-59-67-81(8)10-2/h78-84,89H,9-77H2,1-8H3,(H,94,95)(H,96,97)/t80?,81?,82-,83-,84-/m1/s1. The Morgan fingerprint density at radius 2 is 0.449 bits per heavy atom. The van der Waals surface area contributed by atoms with Crippen LogP contribution in [0, 0.1) is 23.7 Å². The SMILES string of the molecule is CCC(C)CCCCCCCCCCCCCCCCCCCCC(=O)O[C@H](COC(=O)CCCCCCCCCCCCCCCCCCC(C)C)COP(=O)(O)OC[C@@H](O)COP(=O)(O)OC[C@@H](COC(=O)CCCCCCCCCCCC(C)C)OC(=O)CCCCCCCCCCCCC(C)CC. The summed E-state index contributed by atoms with van der Waals surface area (Å²) in [5.74, 6) is 1.12. The lowest BCUT2D eigenvalue weighted by atomic mass is 9.99. The van der Waals surface area contributed by atoms with Crippen molar-refractivity contribution in [1.29, 1.82) is 0 Å². The van der Waals surface area contributed by atoms with Crippen LogP contribution in [0.3, 0.4) is 0 Å². The van der Waals surface area contributed by atoms with Gasteiger partial charge in [-0.3, -0.25) is 37.3 Å². The molecule has 17 nitrogen and oxygen atoms in total. The molecule has 636 valence electrons. The molecule has 0 aromatic rings. The summed E-state index contributed by atoms with van der Waals surface area (Å²) >= 11 is 0. The summed E-state index contributed by atoms with van der Waals surface area (Å²) in [7, 11) is -9.93. The Bertz CT molecular complexity index is 2080. The van der Waals surface area contributed by atoms with Crippen molar-refractivity contribution >= 4 is 39.5 Å². The number of hydrogen-bond acceptors (Lipinski definition) is 15. The minimum atomic E-state index is -4.97. The van der Waals surface area contributed by atoms with Crippen molar-refractivity contribution in [2.24, 2.45) is 23.7 Å². The second-order valence-corrected chi connectivity index (χ2v) is 36.0. The van der Waals surface area contributed by atoms with E-state index in [0.717, 1.165) is 114 Å². The van der Waals surface area contributed by atoms with Gasteiger partial charge >= 0.3 is 39.5 Å². The molecule has 107 heavy (non-hydrogen) atoms. The van der Waals surface area contributed by atoms with Crippen LogP contribution in [0.25, 0.3) is 0 Å². The molecule has 0 saturated carbocycles. The second-order valence-electron chi connectivity index (χ2n) is 33.1. The molecule has 3 N–H and O–H groups in total. The normalized spacial score (nSPS) is 14.4. The first-order valence-corrected chi connectivity index (χ1v) is 48.3. The maximum Gasteiger partial charge on any atom is 0.472 e. The Morgan fingerprint density at radius 1 is 0.262 bits per heavy atom. The van der Waals surface area contributed by atoms with Crippen LogP contribution in [0.2, 0.25) is 0 Å². The van der Waals surface area contributed by atoms with E-state index in [-0.39, 0.29) is 25.7 Å². The zero-order chi connectivity index (χ0) is 78.8. The summed E-state index contributed by atoms with van der Waals surface area (Å²) < 4.78 is 69.0. The summed E-state index contributed by atoms with van der Waals surface area (Å²) in [5, 5.41) is 10.7. The molecule has 0 aromatic heterocycles. The second kappa shape index (κ2) is 76.7. The molecule has 0 fully saturated rings. The van der Waals surface area contributed by atoms with Crippen LogP contribution >= 0.6 is 15.6 Å². The molecule has 0 aromatic carbocycles. The first-order valence-electron chi connectivity index (χ1n) is 45.3. The van der Waals surface area contributed by atoms with Crippen molar-refractivity contribution in [2.75, 3.05) is 39.6 Å². The van der Waals surface area contributed by atoms with Crippen LogP contribution in [-0.4, -0.2) is 96.7 Å². The van der Waals surface area contributed by atoms with Gasteiger partial charge in [0.2, 0.25) is 0 Å². The molecular weight excluding hydrogens is 1390 g/mol. The molecule has 0 spiro atoms. The van der Waals surface area contributed by atoms with Gasteiger partial charge in [-0.1, -0.05) is 409 Å². The Balaban J connectivity index is 5.25. The molecule has 0 aliphatic heterocycles. The van der Waals surface area contributed by atoms with Gasteiger partial charge in [-0.2, -0.15) is 0 Å². The maximum absolute atomic E-state index is 13.2. The average Bonchev–Trinajstić information content (AvgIpc) is 0.904. The topological polar surface area (TPSA) is 237 Å². The molecule has 7 atom stereocenters. The van der Waals surface area contributed by atoms with Crippen LogP contribution in [0.15, 0.2) is 0 Å². The average molecular weight is 1560 g/mol. The first-order chi connectivity index (χ1) is 51.7. The summed E-state index contributed by atoms with van der Waals surface area (Å²) in [4.78, 5) is 73.3. The zero-order valence-corrected chi connectivity index (χ0v) is 72.6. The number of phosphoric acid groups is 2. The van der Waals surface area contributed by atoms with E-state index in [0.29, 0.717) is 25.7 Å². The summed E-state index contributed by atoms with van der Waals surface area (Å²) in [6.07, 6.45) is 66.6. The van der Waals surface area contributed by atoms with Crippen molar-refractivity contribution < 1.29 is 80.2 Å². The number of unbranched alkanes of at least 4 members (excludes halogenated alkanes) is 49. The highest BCUT2D eigenvalue weighted by molar-refractivity contribution is 7.47. The Morgan fingerprint density at radius 3 is 0.664 bits per heavy atom. The van der Waals surface area contributed by atoms with E-state index in [2.05, 4.69) is 55.4 Å². The number of carbonyl (C=O) groups excluding carboxylic acids is 4. The molecule has 0 radical (unpaired) electrons. The van der Waals surface area contributed by atoms with Gasteiger partial charge in [0.15, 0.2) is 12.2 Å². The fraction of sp³-hybridized carbons (Fsp3) is 0.955. The highest BCUT2D eigenvalue weighted by atomic mass is 31.2. The van der Waals surface area contributed by atoms with Crippen molar-refractivity contribution in [2.45, 2.75) is 478 Å². The minimum Gasteiger partial charge on any atom is -0.462 e. The molecule has 0 bridgehead atoms. The van der Waals surface area contributed by atoms with Crippen LogP contribution < -0.4 is 0 Å². The maximum atomic E-state index is 13.2. The van der Waals surface area contributed by atoms with Gasteiger partial charge in [0.25, 0.3) is 0 Å². The third-order valence-corrected chi connectivity index (χ3v) is 23.2. The van der Waals surface area contributed by atoms with Gasteiger partial charge in [-0.15, -0.1) is 0 Å². The summed E-state index contributed by atoms with van der Waals surface area (Å²) in [6.45, 7) is 14.4. The quantitative estimate of drug-likeness (QED) is 0.0222. The Labute approximate surface area is 658 Å². The first kappa shape index (κ1) is 105. The van der Waals surface area contributed by atoms with Crippen molar-refractivity contribution in [3.8, 4) is 0 Å². The van der Waals surface area contributed by atoms with E-state index in [4.69, 9.17) is 37.0 Å². The predicted octanol–water partition coefficient (Wildman–Crippen LogP) is 26.7. The fourth-order valence-corrected chi connectivity index (χ4v) is 15.2. The van der Waals surface area contributed by atoms with Gasteiger partial charge in [0, 0.05) is 25.7 Å². The highest BCUT2D eigenvalue weighted by Crippen LogP contribution is 2.45. The number of aliphatic hydroxyl groups is 1. The number of aliphatic hydroxyl groups excluding tert-OH is 1. The molecule has 0 amide bonds. The van der Waals surface area contributed by atoms with Crippen molar-refractivity contribution in [1.82, 2.24) is 0 Å². The van der Waals surface area contributed by atoms with Crippen LogP contribution in [0.5, 0.6) is 0 Å². The lowest BCUT2D eigenvalue weighted by Gasteiger charge is -2.21. The molecule has 4 unspecified atom stereocenters. The smallest absolute Gasteiger partial charge is 0.462 e. The third kappa shape index (κ3) is 79.1. The largest absolute Gasteiger partial charge is 0.472 e. The molecule has 0 aliphatic rings. The van der Waals surface area contributed by atoms with Gasteiger partial charge in [0.05, 0.1) is 26.4 Å². The molecule has 19 heteroatoms. The van der Waals surface area contributed by atoms with E-state index >= 15 is 0 Å². The fourth-order valence-electron chi connectivity index (χ4n) is 13.6. The third-order valence-electron chi connectivity index (χ3n) is 21.3. The predicted molar refractivity (Wildman–Crippen MR) is 441 cm³/mol. The van der Waals surface area contributed by atoms with Crippen LogP contribution in [0.4, 0.5) is 0 Å². The van der Waals surface area contributed by atoms with Crippen LogP contribution in [0.1, 0.15) is 460 Å². The molecule has 0 heterocycles. The van der Waals surface area contributed by atoms with Gasteiger partial charge < -0.3 is 33.8 Å². The van der Waals surface area contributed by atoms with Crippen LogP contribution in [-0.2, 0) is 65.4 Å². The molecule has 0 saturated heterocycles. The number of phosphoric ester groups is 2. The van der Waals surface area contributed by atoms with E-state index in [9.17, 15) is 43.2 Å².